The van der Waals surface area contributed by atoms with Gasteiger partial charge in [-0.3, -0.25) is 0 Å². The summed E-state index contributed by atoms with van der Waals surface area (Å²) in [6, 6.07) is 8.15. The lowest BCUT2D eigenvalue weighted by atomic mass is 10.0. The van der Waals surface area contributed by atoms with Gasteiger partial charge in [-0.25, -0.2) is 0 Å². The minimum Gasteiger partial charge on any atom is -0.493 e. The average molecular weight is 238 g/mol. The van der Waals surface area contributed by atoms with Crippen LogP contribution in [0.15, 0.2) is 24.3 Å². The number of thiol groups is 1. The largest absolute Gasteiger partial charge is 0.493 e. The highest BCUT2D eigenvalue weighted by atomic mass is 32.1. The first-order valence-electron chi connectivity index (χ1n) is 5.79. The van der Waals surface area contributed by atoms with Crippen LogP contribution in [0.3, 0.4) is 0 Å². The molecule has 16 heavy (non-hydrogen) atoms. The van der Waals surface area contributed by atoms with Crippen LogP contribution in [0.25, 0.3) is 0 Å². The highest BCUT2D eigenvalue weighted by Gasteiger charge is 2.14. The SMILES string of the molecule is SCc1cccc(OCC2CCOCC2)c1. The Bertz CT molecular complexity index is 321. The molecule has 0 spiro atoms. The first-order chi connectivity index (χ1) is 7.88. The van der Waals surface area contributed by atoms with Crippen LogP contribution in [-0.2, 0) is 10.5 Å². The van der Waals surface area contributed by atoms with Gasteiger partial charge in [0.05, 0.1) is 6.61 Å². The Hall–Kier alpha value is -0.670. The van der Waals surface area contributed by atoms with Crippen LogP contribution < -0.4 is 4.74 Å². The van der Waals surface area contributed by atoms with Crippen LogP contribution in [0.2, 0.25) is 0 Å². The Morgan fingerprint density at radius 2 is 2.12 bits per heavy atom. The maximum Gasteiger partial charge on any atom is 0.119 e. The molecule has 1 aliphatic heterocycles. The zero-order valence-electron chi connectivity index (χ0n) is 9.39. The third-order valence-corrected chi connectivity index (χ3v) is 3.27. The second-order valence-electron chi connectivity index (χ2n) is 4.17. The van der Waals surface area contributed by atoms with Crippen molar-refractivity contribution < 1.29 is 9.47 Å². The zero-order valence-corrected chi connectivity index (χ0v) is 10.3. The Labute approximate surface area is 102 Å². The molecule has 3 heteroatoms. The fourth-order valence-electron chi connectivity index (χ4n) is 1.86. The first-order valence-corrected chi connectivity index (χ1v) is 6.42. The summed E-state index contributed by atoms with van der Waals surface area (Å²) in [5.41, 5.74) is 1.20. The summed E-state index contributed by atoms with van der Waals surface area (Å²) in [5, 5.41) is 0. The van der Waals surface area contributed by atoms with E-state index < -0.39 is 0 Å². The summed E-state index contributed by atoms with van der Waals surface area (Å²) in [5.74, 6) is 2.36. The van der Waals surface area contributed by atoms with Crippen molar-refractivity contribution in [1.82, 2.24) is 0 Å². The molecule has 0 aromatic heterocycles. The lowest BCUT2D eigenvalue weighted by Crippen LogP contribution is -2.21. The van der Waals surface area contributed by atoms with Gasteiger partial charge >= 0.3 is 0 Å². The van der Waals surface area contributed by atoms with Crippen molar-refractivity contribution in [2.45, 2.75) is 18.6 Å². The molecular formula is C13H18O2S. The number of hydrogen-bond donors (Lipinski definition) is 1. The van der Waals surface area contributed by atoms with Crippen LogP contribution >= 0.6 is 12.6 Å². The summed E-state index contributed by atoms with van der Waals surface area (Å²) in [4.78, 5) is 0. The Kier molecular flexibility index (Phi) is 4.55. The van der Waals surface area contributed by atoms with Crippen molar-refractivity contribution >= 4 is 12.6 Å². The third kappa shape index (κ3) is 3.42. The van der Waals surface area contributed by atoms with Gasteiger partial charge < -0.3 is 9.47 Å². The molecule has 1 saturated heterocycles. The molecule has 1 aromatic carbocycles. The van der Waals surface area contributed by atoms with E-state index in [-0.39, 0.29) is 0 Å². The van der Waals surface area contributed by atoms with Crippen molar-refractivity contribution in [3.8, 4) is 5.75 Å². The number of hydrogen-bond acceptors (Lipinski definition) is 3. The third-order valence-electron chi connectivity index (χ3n) is 2.91. The normalized spacial score (nSPS) is 17.3. The molecule has 2 rings (SSSR count). The molecule has 1 aliphatic rings. The van der Waals surface area contributed by atoms with E-state index in [2.05, 4.69) is 24.8 Å². The van der Waals surface area contributed by atoms with E-state index in [0.717, 1.165) is 44.2 Å². The van der Waals surface area contributed by atoms with Crippen molar-refractivity contribution in [3.63, 3.8) is 0 Å². The zero-order chi connectivity index (χ0) is 11.2. The number of ether oxygens (including phenoxy) is 2. The molecule has 1 heterocycles. The topological polar surface area (TPSA) is 18.5 Å². The molecule has 1 fully saturated rings. The highest BCUT2D eigenvalue weighted by Crippen LogP contribution is 2.19. The van der Waals surface area contributed by atoms with Crippen LogP contribution in [0.5, 0.6) is 5.75 Å². The van der Waals surface area contributed by atoms with Gasteiger partial charge in [-0.05, 0) is 36.5 Å². The van der Waals surface area contributed by atoms with E-state index in [9.17, 15) is 0 Å². The van der Waals surface area contributed by atoms with Gasteiger partial charge in [-0.1, -0.05) is 12.1 Å². The Morgan fingerprint density at radius 3 is 2.88 bits per heavy atom. The first kappa shape index (κ1) is 11.8. The van der Waals surface area contributed by atoms with E-state index in [1.165, 1.54) is 5.56 Å². The van der Waals surface area contributed by atoms with E-state index in [1.54, 1.807) is 0 Å². The molecule has 0 bridgehead atoms. The predicted molar refractivity (Wildman–Crippen MR) is 68.2 cm³/mol. The summed E-state index contributed by atoms with van der Waals surface area (Å²) >= 11 is 4.26. The molecular weight excluding hydrogens is 220 g/mol. The van der Waals surface area contributed by atoms with E-state index in [0.29, 0.717) is 5.92 Å². The van der Waals surface area contributed by atoms with E-state index in [1.807, 2.05) is 12.1 Å². The monoisotopic (exact) mass is 238 g/mol. The van der Waals surface area contributed by atoms with Gasteiger partial charge in [0.25, 0.3) is 0 Å². The molecule has 88 valence electrons. The van der Waals surface area contributed by atoms with Gasteiger partial charge in [0.15, 0.2) is 0 Å². The minimum atomic E-state index is 0.647. The summed E-state index contributed by atoms with van der Waals surface area (Å²) < 4.78 is 11.1. The highest BCUT2D eigenvalue weighted by molar-refractivity contribution is 7.79. The van der Waals surface area contributed by atoms with Gasteiger partial charge in [0.1, 0.15) is 5.75 Å². The van der Waals surface area contributed by atoms with Gasteiger partial charge in [-0.15, -0.1) is 0 Å². The van der Waals surface area contributed by atoms with Crippen molar-refractivity contribution in [1.29, 1.82) is 0 Å². The second-order valence-corrected chi connectivity index (χ2v) is 4.49. The van der Waals surface area contributed by atoms with Crippen LogP contribution in [0.1, 0.15) is 18.4 Å². The average Bonchev–Trinajstić information content (AvgIpc) is 2.38. The van der Waals surface area contributed by atoms with Crippen LogP contribution in [0, 0.1) is 5.92 Å². The van der Waals surface area contributed by atoms with Crippen molar-refractivity contribution in [3.05, 3.63) is 29.8 Å². The number of rotatable bonds is 4. The van der Waals surface area contributed by atoms with Crippen LogP contribution in [0.4, 0.5) is 0 Å². The molecule has 0 unspecified atom stereocenters. The van der Waals surface area contributed by atoms with Crippen LogP contribution in [-0.4, -0.2) is 19.8 Å². The summed E-state index contributed by atoms with van der Waals surface area (Å²) in [6.45, 7) is 2.56. The maximum atomic E-state index is 5.80. The van der Waals surface area contributed by atoms with Gasteiger partial charge in [-0.2, -0.15) is 12.6 Å². The number of benzene rings is 1. The molecule has 0 atom stereocenters. The van der Waals surface area contributed by atoms with E-state index >= 15 is 0 Å². The van der Waals surface area contributed by atoms with Gasteiger partial charge in [0, 0.05) is 19.0 Å². The van der Waals surface area contributed by atoms with Crippen molar-refractivity contribution in [2.75, 3.05) is 19.8 Å². The molecule has 0 amide bonds. The Balaban J connectivity index is 1.83. The smallest absolute Gasteiger partial charge is 0.119 e. The molecule has 0 aliphatic carbocycles. The standard InChI is InChI=1S/C13H18O2S/c16-10-12-2-1-3-13(8-12)15-9-11-4-6-14-7-5-11/h1-3,8,11,16H,4-7,9-10H2. The van der Waals surface area contributed by atoms with E-state index in [4.69, 9.17) is 9.47 Å². The molecule has 1 aromatic rings. The minimum absolute atomic E-state index is 0.647. The van der Waals surface area contributed by atoms with Gasteiger partial charge in [0.2, 0.25) is 0 Å². The van der Waals surface area contributed by atoms with Crippen molar-refractivity contribution in [2.24, 2.45) is 5.92 Å². The quantitative estimate of drug-likeness (QED) is 0.813. The molecule has 0 N–H and O–H groups in total. The summed E-state index contributed by atoms with van der Waals surface area (Å²) in [7, 11) is 0. The molecule has 2 nitrogen and oxygen atoms in total. The maximum absolute atomic E-state index is 5.80. The lowest BCUT2D eigenvalue weighted by molar-refractivity contribution is 0.0497. The predicted octanol–water partition coefficient (Wildman–Crippen LogP) is 2.92. The Morgan fingerprint density at radius 1 is 1.31 bits per heavy atom. The fraction of sp³-hybridized carbons (Fsp3) is 0.538. The second kappa shape index (κ2) is 6.16. The fourth-order valence-corrected chi connectivity index (χ4v) is 2.06. The molecule has 0 saturated carbocycles. The summed E-state index contributed by atoms with van der Waals surface area (Å²) in [6.07, 6.45) is 2.23. The molecule has 0 radical (unpaired) electrons. The lowest BCUT2D eigenvalue weighted by Gasteiger charge is -2.22.